The lowest BCUT2D eigenvalue weighted by atomic mass is 10.1. The fourth-order valence-corrected chi connectivity index (χ4v) is 7.45. The predicted molar refractivity (Wildman–Crippen MR) is 265 cm³/mol. The van der Waals surface area contributed by atoms with E-state index in [-0.39, 0.29) is 31.1 Å². The third kappa shape index (κ3) is 48.4. The summed E-state index contributed by atoms with van der Waals surface area (Å²) in [5.41, 5.74) is 0. The molecule has 1 atom stereocenters. The molecule has 0 heterocycles. The monoisotopic (exact) mass is 869 g/mol. The van der Waals surface area contributed by atoms with E-state index in [4.69, 9.17) is 14.2 Å². The number of allylic oxidation sites excluding steroid dienone is 8. The van der Waals surface area contributed by atoms with Gasteiger partial charge in [-0.3, -0.25) is 14.4 Å². The van der Waals surface area contributed by atoms with E-state index >= 15 is 0 Å². The molecule has 0 amide bonds. The first kappa shape index (κ1) is 59.4. The highest BCUT2D eigenvalue weighted by Crippen LogP contribution is 2.14. The normalized spacial score (nSPS) is 12.4. The van der Waals surface area contributed by atoms with Crippen molar-refractivity contribution in [2.75, 3.05) is 13.2 Å². The average molecular weight is 869 g/mol. The van der Waals surface area contributed by atoms with E-state index in [9.17, 15) is 14.4 Å². The van der Waals surface area contributed by atoms with Crippen molar-refractivity contribution in [1.29, 1.82) is 0 Å². The first-order valence-electron chi connectivity index (χ1n) is 26.6. The van der Waals surface area contributed by atoms with Crippen LogP contribution >= 0.6 is 0 Å². The van der Waals surface area contributed by atoms with Crippen LogP contribution in [-0.4, -0.2) is 37.2 Å². The minimum atomic E-state index is -0.784. The molecule has 6 nitrogen and oxygen atoms in total. The number of carbonyl (C=O) groups is 3. The summed E-state index contributed by atoms with van der Waals surface area (Å²) < 4.78 is 16.8. The van der Waals surface area contributed by atoms with Crippen LogP contribution in [-0.2, 0) is 28.6 Å². The van der Waals surface area contributed by atoms with Crippen LogP contribution in [0.3, 0.4) is 0 Å². The number of hydrogen-bond acceptors (Lipinski definition) is 6. The molecule has 1 unspecified atom stereocenters. The highest BCUT2D eigenvalue weighted by Gasteiger charge is 2.19. The van der Waals surface area contributed by atoms with Crippen molar-refractivity contribution in [2.45, 2.75) is 277 Å². The Labute approximate surface area is 384 Å². The second kappa shape index (κ2) is 51.0. The van der Waals surface area contributed by atoms with Crippen LogP contribution in [0.5, 0.6) is 0 Å². The van der Waals surface area contributed by atoms with Crippen LogP contribution in [0.15, 0.2) is 48.6 Å². The molecule has 0 N–H and O–H groups in total. The van der Waals surface area contributed by atoms with Crippen molar-refractivity contribution in [3.63, 3.8) is 0 Å². The molecule has 0 aliphatic carbocycles. The minimum absolute atomic E-state index is 0.0828. The highest BCUT2D eigenvalue weighted by atomic mass is 16.6. The van der Waals surface area contributed by atoms with Gasteiger partial charge in [-0.2, -0.15) is 0 Å². The van der Waals surface area contributed by atoms with Gasteiger partial charge < -0.3 is 14.2 Å². The molecule has 0 aromatic heterocycles. The smallest absolute Gasteiger partial charge is 0.306 e. The maximum atomic E-state index is 12.8. The Morgan fingerprint density at radius 2 is 0.597 bits per heavy atom. The van der Waals surface area contributed by atoms with Gasteiger partial charge in [-0.1, -0.05) is 204 Å². The topological polar surface area (TPSA) is 78.9 Å². The van der Waals surface area contributed by atoms with Crippen molar-refractivity contribution in [3.05, 3.63) is 48.6 Å². The van der Waals surface area contributed by atoms with Gasteiger partial charge in [-0.25, -0.2) is 0 Å². The molecule has 0 aliphatic rings. The van der Waals surface area contributed by atoms with Crippen LogP contribution in [0, 0.1) is 0 Å². The zero-order chi connectivity index (χ0) is 45.1. The van der Waals surface area contributed by atoms with Crippen molar-refractivity contribution < 1.29 is 28.6 Å². The number of rotatable bonds is 48. The van der Waals surface area contributed by atoms with E-state index in [0.29, 0.717) is 19.3 Å². The van der Waals surface area contributed by atoms with Gasteiger partial charge in [0, 0.05) is 19.3 Å². The Hall–Kier alpha value is -2.63. The molecular weight excluding hydrogens is 769 g/mol. The summed E-state index contributed by atoms with van der Waals surface area (Å²) in [6, 6.07) is 0. The van der Waals surface area contributed by atoms with Crippen LogP contribution in [0.4, 0.5) is 0 Å². The fourth-order valence-electron chi connectivity index (χ4n) is 7.45. The van der Waals surface area contributed by atoms with Crippen LogP contribution in [0.2, 0.25) is 0 Å². The molecule has 0 aromatic carbocycles. The SMILES string of the molecule is CCCC/C=C\C/C=C\CCCCCCCC(=O)OC(COC(=O)CCCCCCC/C=C\CCCCCC)COC(=O)CCCCCCCCC/C=C\CCCCCCCC. The number of carbonyl (C=O) groups excluding carboxylic acids is 3. The third-order valence-corrected chi connectivity index (χ3v) is 11.5. The second-order valence-electron chi connectivity index (χ2n) is 17.8. The first-order chi connectivity index (χ1) is 30.5. The zero-order valence-electron chi connectivity index (χ0n) is 41.1. The Kier molecular flexibility index (Phi) is 48.8. The van der Waals surface area contributed by atoms with E-state index in [1.807, 2.05) is 0 Å². The van der Waals surface area contributed by atoms with Gasteiger partial charge in [0.05, 0.1) is 0 Å². The van der Waals surface area contributed by atoms with E-state index in [2.05, 4.69) is 69.4 Å². The lowest BCUT2D eigenvalue weighted by Crippen LogP contribution is -2.30. The largest absolute Gasteiger partial charge is 0.462 e. The molecule has 0 saturated carbocycles. The molecular formula is C56H100O6. The number of unbranched alkanes of at least 4 members (excludes halogenated alkanes) is 29. The van der Waals surface area contributed by atoms with Gasteiger partial charge in [0.1, 0.15) is 13.2 Å². The van der Waals surface area contributed by atoms with Crippen LogP contribution in [0.1, 0.15) is 271 Å². The quantitative estimate of drug-likeness (QED) is 0.0262. The minimum Gasteiger partial charge on any atom is -0.462 e. The molecule has 0 aromatic rings. The summed E-state index contributed by atoms with van der Waals surface area (Å²) in [5.74, 6) is -0.903. The number of ether oxygens (including phenoxy) is 3. The fraction of sp³-hybridized carbons (Fsp3) is 0.804. The Morgan fingerprint density at radius 3 is 0.968 bits per heavy atom. The Bertz CT molecular complexity index is 1090. The first-order valence-corrected chi connectivity index (χ1v) is 26.6. The molecule has 360 valence electrons. The standard InChI is InChI=1S/C56H100O6/c1-4-7-10-13-16-19-22-25-27-28-29-32-34-37-40-43-46-49-55(58)61-52-53(51-60-54(57)48-45-42-39-36-33-30-24-21-18-15-12-9-6-3)62-56(59)50-47-44-41-38-35-31-26-23-20-17-14-11-8-5-2/h14,17,21,23-27,53H,4-13,15-16,18-20,22,28-52H2,1-3H3/b17-14-,24-21-,26-23-,27-25-. The lowest BCUT2D eigenvalue weighted by molar-refractivity contribution is -0.167. The van der Waals surface area contributed by atoms with Crippen LogP contribution < -0.4 is 0 Å². The Balaban J connectivity index is 4.39. The summed E-state index contributed by atoms with van der Waals surface area (Å²) in [7, 11) is 0. The highest BCUT2D eigenvalue weighted by molar-refractivity contribution is 5.71. The zero-order valence-corrected chi connectivity index (χ0v) is 41.1. The molecule has 0 fully saturated rings. The van der Waals surface area contributed by atoms with E-state index in [1.165, 1.54) is 141 Å². The lowest BCUT2D eigenvalue weighted by Gasteiger charge is -2.18. The maximum Gasteiger partial charge on any atom is 0.306 e. The van der Waals surface area contributed by atoms with Gasteiger partial charge in [0.15, 0.2) is 6.10 Å². The van der Waals surface area contributed by atoms with E-state index < -0.39 is 6.10 Å². The molecule has 0 saturated heterocycles. The predicted octanol–water partition coefficient (Wildman–Crippen LogP) is 17.5. The van der Waals surface area contributed by atoms with Gasteiger partial charge in [-0.05, 0) is 96.3 Å². The maximum absolute atomic E-state index is 12.8. The molecule has 62 heavy (non-hydrogen) atoms. The van der Waals surface area contributed by atoms with Crippen molar-refractivity contribution >= 4 is 17.9 Å². The second-order valence-corrected chi connectivity index (χ2v) is 17.8. The third-order valence-electron chi connectivity index (χ3n) is 11.5. The Morgan fingerprint density at radius 1 is 0.323 bits per heavy atom. The summed E-state index contributed by atoms with van der Waals surface area (Å²) in [6.07, 6.45) is 60.9. The molecule has 0 radical (unpaired) electrons. The van der Waals surface area contributed by atoms with Gasteiger partial charge in [0.2, 0.25) is 0 Å². The summed E-state index contributed by atoms with van der Waals surface area (Å²) in [5, 5.41) is 0. The van der Waals surface area contributed by atoms with Gasteiger partial charge in [-0.15, -0.1) is 0 Å². The van der Waals surface area contributed by atoms with E-state index in [1.54, 1.807) is 0 Å². The summed E-state index contributed by atoms with van der Waals surface area (Å²) >= 11 is 0. The molecule has 0 bridgehead atoms. The van der Waals surface area contributed by atoms with Crippen molar-refractivity contribution in [3.8, 4) is 0 Å². The molecule has 0 aliphatic heterocycles. The van der Waals surface area contributed by atoms with Gasteiger partial charge in [0.25, 0.3) is 0 Å². The van der Waals surface area contributed by atoms with E-state index in [0.717, 1.165) is 89.9 Å². The molecule has 0 rings (SSSR count). The molecule has 0 spiro atoms. The molecule has 6 heteroatoms. The summed E-state index contributed by atoms with van der Waals surface area (Å²) in [4.78, 5) is 38.0. The van der Waals surface area contributed by atoms with Gasteiger partial charge >= 0.3 is 17.9 Å². The average Bonchev–Trinajstić information content (AvgIpc) is 3.27. The van der Waals surface area contributed by atoms with Crippen molar-refractivity contribution in [2.24, 2.45) is 0 Å². The summed E-state index contributed by atoms with van der Waals surface area (Å²) in [6.45, 7) is 6.57. The van der Waals surface area contributed by atoms with Crippen LogP contribution in [0.25, 0.3) is 0 Å². The van der Waals surface area contributed by atoms with Crippen molar-refractivity contribution in [1.82, 2.24) is 0 Å². The number of hydrogen-bond donors (Lipinski definition) is 0. The number of esters is 3.